The van der Waals surface area contributed by atoms with Gasteiger partial charge in [0.05, 0.1) is 17.6 Å². The summed E-state index contributed by atoms with van der Waals surface area (Å²) < 4.78 is 5.16. The molecule has 0 aromatic heterocycles. The smallest absolute Gasteiger partial charge is 0.226 e. The first-order chi connectivity index (χ1) is 9.18. The number of hydrogen-bond donors (Lipinski definition) is 2. The molecule has 0 aliphatic heterocycles. The van der Waals surface area contributed by atoms with Crippen LogP contribution in [0.4, 0.5) is 0 Å². The Morgan fingerprint density at radius 3 is 2.58 bits per heavy atom. The Bertz CT molecular complexity index is 300. The molecule has 2 saturated carbocycles. The van der Waals surface area contributed by atoms with Gasteiger partial charge in [-0.3, -0.25) is 4.79 Å². The first kappa shape index (κ1) is 14.8. The third-order valence-corrected chi connectivity index (χ3v) is 4.87. The number of carbonyl (C=O) groups is 1. The van der Waals surface area contributed by atoms with Gasteiger partial charge >= 0.3 is 0 Å². The lowest BCUT2D eigenvalue weighted by Crippen LogP contribution is -2.50. The Hall–Kier alpha value is -0.610. The van der Waals surface area contributed by atoms with Gasteiger partial charge in [-0.1, -0.05) is 25.7 Å². The minimum Gasteiger partial charge on any atom is -0.391 e. The van der Waals surface area contributed by atoms with Gasteiger partial charge in [-0.25, -0.2) is 0 Å². The van der Waals surface area contributed by atoms with Crippen molar-refractivity contribution in [2.24, 2.45) is 5.41 Å². The van der Waals surface area contributed by atoms with Crippen LogP contribution in [0.5, 0.6) is 0 Å². The predicted molar refractivity (Wildman–Crippen MR) is 73.8 cm³/mol. The molecule has 0 aromatic carbocycles. The van der Waals surface area contributed by atoms with Crippen molar-refractivity contribution < 1.29 is 14.6 Å². The van der Waals surface area contributed by atoms with Crippen molar-refractivity contribution in [3.8, 4) is 0 Å². The second-order valence-corrected chi connectivity index (χ2v) is 6.16. The van der Waals surface area contributed by atoms with E-state index in [1.54, 1.807) is 7.11 Å². The zero-order valence-electron chi connectivity index (χ0n) is 12.0. The molecule has 0 radical (unpaired) electrons. The summed E-state index contributed by atoms with van der Waals surface area (Å²) in [7, 11) is 1.69. The highest BCUT2D eigenvalue weighted by Gasteiger charge is 2.42. The number of aliphatic hydroxyl groups excluding tert-OH is 1. The first-order valence-electron chi connectivity index (χ1n) is 7.66. The van der Waals surface area contributed by atoms with Crippen LogP contribution in [-0.2, 0) is 9.53 Å². The predicted octanol–water partition coefficient (Wildman–Crippen LogP) is 2.00. The number of ether oxygens (including phenoxy) is 1. The number of amides is 1. The van der Waals surface area contributed by atoms with Crippen LogP contribution in [0, 0.1) is 5.41 Å². The van der Waals surface area contributed by atoms with Crippen LogP contribution < -0.4 is 5.32 Å². The average Bonchev–Trinajstić information content (AvgIpc) is 2.89. The molecule has 1 amide bonds. The van der Waals surface area contributed by atoms with Gasteiger partial charge in [-0.2, -0.15) is 0 Å². The Labute approximate surface area is 115 Å². The van der Waals surface area contributed by atoms with Gasteiger partial charge in [0.15, 0.2) is 0 Å². The van der Waals surface area contributed by atoms with E-state index in [1.165, 1.54) is 0 Å². The van der Waals surface area contributed by atoms with Gasteiger partial charge in [-0.05, 0) is 32.1 Å². The molecule has 2 atom stereocenters. The molecule has 0 saturated heterocycles. The van der Waals surface area contributed by atoms with Gasteiger partial charge in [0.1, 0.15) is 0 Å². The lowest BCUT2D eigenvalue weighted by molar-refractivity contribution is -0.134. The van der Waals surface area contributed by atoms with Crippen LogP contribution in [0.25, 0.3) is 0 Å². The van der Waals surface area contributed by atoms with Crippen molar-refractivity contribution in [1.82, 2.24) is 5.32 Å². The molecule has 19 heavy (non-hydrogen) atoms. The van der Waals surface area contributed by atoms with E-state index < -0.39 is 0 Å². The fourth-order valence-electron chi connectivity index (χ4n) is 3.54. The highest BCUT2D eigenvalue weighted by atomic mass is 16.5. The molecular weight excluding hydrogens is 242 g/mol. The van der Waals surface area contributed by atoms with Crippen LogP contribution in [0.3, 0.4) is 0 Å². The van der Waals surface area contributed by atoms with Crippen LogP contribution in [0.2, 0.25) is 0 Å². The highest BCUT2D eigenvalue weighted by molar-refractivity contribution is 5.83. The maximum atomic E-state index is 12.6. The summed E-state index contributed by atoms with van der Waals surface area (Å²) in [6.07, 6.45) is 8.53. The van der Waals surface area contributed by atoms with Crippen molar-refractivity contribution in [1.29, 1.82) is 0 Å². The summed E-state index contributed by atoms with van der Waals surface area (Å²) in [5, 5.41) is 13.1. The van der Waals surface area contributed by atoms with E-state index in [0.29, 0.717) is 6.61 Å². The molecule has 2 N–H and O–H groups in total. The van der Waals surface area contributed by atoms with Gasteiger partial charge in [-0.15, -0.1) is 0 Å². The number of hydrogen-bond acceptors (Lipinski definition) is 3. The van der Waals surface area contributed by atoms with E-state index in [9.17, 15) is 9.90 Å². The fraction of sp³-hybridized carbons (Fsp3) is 0.933. The zero-order valence-corrected chi connectivity index (χ0v) is 12.0. The average molecular weight is 269 g/mol. The minimum atomic E-state index is -0.362. The Kier molecular flexibility index (Phi) is 5.22. The number of methoxy groups -OCH3 is 1. The third kappa shape index (κ3) is 3.48. The standard InChI is InChI=1S/C15H27NO3/c1-19-11-10-15(8-4-5-9-15)14(18)16-12-6-2-3-7-13(12)17/h12-13,17H,2-11H2,1H3,(H,16,18). The Morgan fingerprint density at radius 1 is 1.26 bits per heavy atom. The molecular formula is C15H27NO3. The van der Waals surface area contributed by atoms with E-state index in [4.69, 9.17) is 4.74 Å². The molecule has 4 nitrogen and oxygen atoms in total. The second kappa shape index (κ2) is 6.71. The maximum Gasteiger partial charge on any atom is 0.226 e. The van der Waals surface area contributed by atoms with Crippen molar-refractivity contribution in [2.45, 2.75) is 69.9 Å². The van der Waals surface area contributed by atoms with Crippen LogP contribution in [-0.4, -0.2) is 36.9 Å². The van der Waals surface area contributed by atoms with Crippen molar-refractivity contribution in [3.63, 3.8) is 0 Å². The molecule has 0 spiro atoms. The summed E-state index contributed by atoms with van der Waals surface area (Å²) in [5.41, 5.74) is -0.243. The first-order valence-corrected chi connectivity index (χ1v) is 7.66. The van der Waals surface area contributed by atoms with Crippen LogP contribution in [0.15, 0.2) is 0 Å². The normalized spacial score (nSPS) is 30.2. The Morgan fingerprint density at radius 2 is 1.95 bits per heavy atom. The van der Waals surface area contributed by atoms with Crippen LogP contribution >= 0.6 is 0 Å². The minimum absolute atomic E-state index is 0.0405. The molecule has 2 rings (SSSR count). The fourth-order valence-corrected chi connectivity index (χ4v) is 3.54. The Balaban J connectivity index is 1.95. The third-order valence-electron chi connectivity index (χ3n) is 4.87. The number of nitrogens with one attached hydrogen (secondary N) is 1. The molecule has 2 fully saturated rings. The van der Waals surface area contributed by atoms with Gasteiger partial charge in [0, 0.05) is 13.7 Å². The second-order valence-electron chi connectivity index (χ2n) is 6.16. The maximum absolute atomic E-state index is 12.6. The molecule has 2 unspecified atom stereocenters. The van der Waals surface area contributed by atoms with E-state index in [2.05, 4.69) is 5.32 Å². The van der Waals surface area contributed by atoms with Gasteiger partial charge in [0.2, 0.25) is 5.91 Å². The molecule has 4 heteroatoms. The van der Waals surface area contributed by atoms with E-state index in [-0.39, 0.29) is 23.5 Å². The molecule has 110 valence electrons. The number of rotatable bonds is 5. The monoisotopic (exact) mass is 269 g/mol. The van der Waals surface area contributed by atoms with Crippen molar-refractivity contribution >= 4 is 5.91 Å². The lowest BCUT2D eigenvalue weighted by atomic mass is 9.81. The van der Waals surface area contributed by atoms with E-state index in [0.717, 1.165) is 57.8 Å². The summed E-state index contributed by atoms with van der Waals surface area (Å²) in [5.74, 6) is 0.146. The topological polar surface area (TPSA) is 58.6 Å². The number of carbonyl (C=O) groups excluding carboxylic acids is 1. The van der Waals surface area contributed by atoms with Gasteiger partial charge in [0.25, 0.3) is 0 Å². The molecule has 0 heterocycles. The van der Waals surface area contributed by atoms with Crippen molar-refractivity contribution in [2.75, 3.05) is 13.7 Å². The molecule has 2 aliphatic rings. The summed E-state index contributed by atoms with van der Waals surface area (Å²) in [6, 6.07) is -0.0405. The summed E-state index contributed by atoms with van der Waals surface area (Å²) >= 11 is 0. The summed E-state index contributed by atoms with van der Waals surface area (Å²) in [4.78, 5) is 12.6. The van der Waals surface area contributed by atoms with E-state index >= 15 is 0 Å². The molecule has 0 bridgehead atoms. The molecule has 2 aliphatic carbocycles. The quantitative estimate of drug-likeness (QED) is 0.802. The molecule has 0 aromatic rings. The lowest BCUT2D eigenvalue weighted by Gasteiger charge is -2.34. The SMILES string of the molecule is COCCC1(C(=O)NC2CCCCC2O)CCCC1. The van der Waals surface area contributed by atoms with Crippen molar-refractivity contribution in [3.05, 3.63) is 0 Å². The van der Waals surface area contributed by atoms with Crippen LogP contribution in [0.1, 0.15) is 57.8 Å². The zero-order chi connectivity index (χ0) is 13.7. The largest absolute Gasteiger partial charge is 0.391 e. The van der Waals surface area contributed by atoms with E-state index in [1.807, 2.05) is 0 Å². The number of aliphatic hydroxyl groups is 1. The summed E-state index contributed by atoms with van der Waals surface area (Å²) in [6.45, 7) is 0.640. The van der Waals surface area contributed by atoms with Gasteiger partial charge < -0.3 is 15.2 Å². The highest BCUT2D eigenvalue weighted by Crippen LogP contribution is 2.41.